The quantitative estimate of drug-likeness (QED) is 0.0166. The number of rotatable bonds is 43. The molecule has 12 nitrogen and oxygen atoms in total. The van der Waals surface area contributed by atoms with Gasteiger partial charge in [0.15, 0.2) is 0 Å². The van der Waals surface area contributed by atoms with E-state index in [0.29, 0.717) is 99.1 Å². The molecule has 0 heterocycles. The molecule has 0 aromatic heterocycles. The standard InChI is InChI=1S/C40H67F5O12/c1-2-3-4-5-6-7-8-9-10-11-12-14-47-16-18-49-20-22-51-24-26-53-28-30-55-32-33-56-31-29-54-27-25-52-23-21-50-19-17-48-15-13-34(46)57-40-38(44)36(42)35(41)37(43)39(40)45/h2-33H2,1H3. The molecule has 17 heteroatoms. The third-order valence-electron chi connectivity index (χ3n) is 8.08. The minimum absolute atomic E-state index is 0.0839. The number of hydrogen-bond donors (Lipinski definition) is 0. The van der Waals surface area contributed by atoms with E-state index in [4.69, 9.17) is 47.4 Å². The first-order valence-electron chi connectivity index (χ1n) is 20.4. The fourth-order valence-corrected chi connectivity index (χ4v) is 4.94. The van der Waals surface area contributed by atoms with Crippen LogP contribution in [-0.2, 0) is 52.2 Å². The van der Waals surface area contributed by atoms with Crippen molar-refractivity contribution < 1.29 is 78.9 Å². The van der Waals surface area contributed by atoms with E-state index < -0.39 is 47.2 Å². The number of benzene rings is 1. The maximum atomic E-state index is 13.6. The molecule has 57 heavy (non-hydrogen) atoms. The monoisotopic (exact) mass is 834 g/mol. The van der Waals surface area contributed by atoms with Crippen molar-refractivity contribution in [2.45, 2.75) is 84.0 Å². The second-order valence-electron chi connectivity index (χ2n) is 12.8. The molecule has 0 radical (unpaired) electrons. The van der Waals surface area contributed by atoms with Crippen LogP contribution >= 0.6 is 0 Å². The van der Waals surface area contributed by atoms with Gasteiger partial charge < -0.3 is 52.1 Å². The van der Waals surface area contributed by atoms with Crippen LogP contribution in [0.15, 0.2) is 0 Å². The molecule has 0 atom stereocenters. The van der Waals surface area contributed by atoms with Gasteiger partial charge in [-0.05, 0) is 6.42 Å². The molecule has 0 fully saturated rings. The minimum atomic E-state index is -2.35. The molecular weight excluding hydrogens is 767 g/mol. The van der Waals surface area contributed by atoms with Crippen LogP contribution in [0.5, 0.6) is 5.75 Å². The van der Waals surface area contributed by atoms with E-state index in [1.807, 2.05) is 0 Å². The third-order valence-corrected chi connectivity index (χ3v) is 8.08. The van der Waals surface area contributed by atoms with E-state index in [0.717, 1.165) is 13.0 Å². The van der Waals surface area contributed by atoms with Crippen molar-refractivity contribution in [3.8, 4) is 5.75 Å². The molecule has 0 bridgehead atoms. The average molecular weight is 835 g/mol. The summed E-state index contributed by atoms with van der Waals surface area (Å²) in [5.74, 6) is -14.1. The topological polar surface area (TPSA) is 119 Å². The first kappa shape index (κ1) is 53.0. The second-order valence-corrected chi connectivity index (χ2v) is 12.8. The van der Waals surface area contributed by atoms with Crippen molar-refractivity contribution in [3.63, 3.8) is 0 Å². The molecule has 0 N–H and O–H groups in total. The zero-order chi connectivity index (χ0) is 41.4. The molecular formula is C40H67F5O12. The Morgan fingerprint density at radius 3 is 0.895 bits per heavy atom. The summed E-state index contributed by atoms with van der Waals surface area (Å²) in [5.41, 5.74) is 0. The molecule has 334 valence electrons. The van der Waals surface area contributed by atoms with E-state index in [1.54, 1.807) is 0 Å². The van der Waals surface area contributed by atoms with Gasteiger partial charge in [-0.2, -0.15) is 8.78 Å². The Kier molecular flexibility index (Phi) is 36.6. The first-order chi connectivity index (χ1) is 27.9. The maximum Gasteiger partial charge on any atom is 0.313 e. The lowest BCUT2D eigenvalue weighted by molar-refractivity contribution is -0.136. The first-order valence-corrected chi connectivity index (χ1v) is 20.4. The smallest absolute Gasteiger partial charge is 0.313 e. The summed E-state index contributed by atoms with van der Waals surface area (Å²) >= 11 is 0. The van der Waals surface area contributed by atoms with Gasteiger partial charge in [0.05, 0.1) is 132 Å². The van der Waals surface area contributed by atoms with Crippen molar-refractivity contribution in [1.29, 1.82) is 0 Å². The normalized spacial score (nSPS) is 11.5. The Morgan fingerprint density at radius 2 is 0.579 bits per heavy atom. The van der Waals surface area contributed by atoms with Crippen LogP contribution in [0.4, 0.5) is 22.0 Å². The molecule has 0 spiro atoms. The summed E-state index contributed by atoms with van der Waals surface area (Å²) in [6.45, 7) is 10.3. The summed E-state index contributed by atoms with van der Waals surface area (Å²) in [4.78, 5) is 11.7. The summed E-state index contributed by atoms with van der Waals surface area (Å²) in [6.07, 6.45) is 14.2. The van der Waals surface area contributed by atoms with Crippen LogP contribution in [0, 0.1) is 29.1 Å². The molecule has 0 aliphatic carbocycles. The third kappa shape index (κ3) is 30.6. The fourth-order valence-electron chi connectivity index (χ4n) is 4.94. The van der Waals surface area contributed by atoms with E-state index in [2.05, 4.69) is 11.7 Å². The van der Waals surface area contributed by atoms with E-state index in [-0.39, 0.29) is 26.4 Å². The van der Waals surface area contributed by atoms with Gasteiger partial charge in [0, 0.05) is 6.61 Å². The van der Waals surface area contributed by atoms with Gasteiger partial charge in [-0.15, -0.1) is 0 Å². The Balaban J connectivity index is 1.70. The van der Waals surface area contributed by atoms with Crippen LogP contribution in [0.25, 0.3) is 0 Å². The zero-order valence-electron chi connectivity index (χ0n) is 33.9. The van der Waals surface area contributed by atoms with Crippen molar-refractivity contribution in [1.82, 2.24) is 0 Å². The Hall–Kier alpha value is -2.06. The average Bonchev–Trinajstić information content (AvgIpc) is 3.21. The highest BCUT2D eigenvalue weighted by Gasteiger charge is 2.28. The number of carbonyl (C=O) groups excluding carboxylic acids is 1. The summed E-state index contributed by atoms with van der Waals surface area (Å²) in [6, 6.07) is 0. The van der Waals surface area contributed by atoms with E-state index in [1.165, 1.54) is 64.2 Å². The number of unbranched alkanes of at least 4 members (excludes halogenated alkanes) is 10. The number of hydrogen-bond acceptors (Lipinski definition) is 12. The lowest BCUT2D eigenvalue weighted by Gasteiger charge is -2.09. The highest BCUT2D eigenvalue weighted by molar-refractivity contribution is 5.72. The predicted octanol–water partition coefficient (Wildman–Crippen LogP) is 7.15. The van der Waals surface area contributed by atoms with Crippen molar-refractivity contribution in [2.24, 2.45) is 0 Å². The van der Waals surface area contributed by atoms with Crippen LogP contribution in [-0.4, -0.2) is 138 Å². The maximum absolute atomic E-state index is 13.6. The zero-order valence-corrected chi connectivity index (χ0v) is 33.9. The van der Waals surface area contributed by atoms with Gasteiger partial charge in [-0.1, -0.05) is 71.1 Å². The van der Waals surface area contributed by atoms with Gasteiger partial charge in [-0.3, -0.25) is 4.79 Å². The van der Waals surface area contributed by atoms with Crippen LogP contribution < -0.4 is 4.74 Å². The largest absolute Gasteiger partial charge is 0.420 e. The molecule has 0 aliphatic rings. The van der Waals surface area contributed by atoms with Crippen molar-refractivity contribution >= 4 is 5.97 Å². The number of carbonyl (C=O) groups is 1. The highest BCUT2D eigenvalue weighted by Crippen LogP contribution is 2.29. The molecule has 1 aromatic carbocycles. The van der Waals surface area contributed by atoms with Gasteiger partial charge in [0.25, 0.3) is 0 Å². The van der Waals surface area contributed by atoms with E-state index >= 15 is 0 Å². The van der Waals surface area contributed by atoms with Crippen LogP contribution in [0.1, 0.15) is 84.0 Å². The highest BCUT2D eigenvalue weighted by atomic mass is 19.2. The molecule has 0 saturated heterocycles. The second kappa shape index (κ2) is 39.4. The van der Waals surface area contributed by atoms with Gasteiger partial charge in [0.1, 0.15) is 0 Å². The minimum Gasteiger partial charge on any atom is -0.420 e. The summed E-state index contributed by atoms with van der Waals surface area (Å²) < 4.78 is 125. The molecule has 1 aromatic rings. The Bertz CT molecular complexity index is 1060. The molecule has 0 unspecified atom stereocenters. The van der Waals surface area contributed by atoms with Gasteiger partial charge in [-0.25, -0.2) is 13.2 Å². The SMILES string of the molecule is CCCCCCCCCCCCCOCCOCCOCCOCCOCCOCCOCCOCCOCCOCCC(=O)Oc1c(F)c(F)c(F)c(F)c1F. The van der Waals surface area contributed by atoms with Crippen LogP contribution in [0.2, 0.25) is 0 Å². The van der Waals surface area contributed by atoms with Gasteiger partial charge >= 0.3 is 5.97 Å². The van der Waals surface area contributed by atoms with E-state index in [9.17, 15) is 26.7 Å². The number of halogens is 5. The van der Waals surface area contributed by atoms with Crippen molar-refractivity contribution in [3.05, 3.63) is 29.1 Å². The van der Waals surface area contributed by atoms with Crippen molar-refractivity contribution in [2.75, 3.05) is 132 Å². The number of ether oxygens (including phenoxy) is 11. The van der Waals surface area contributed by atoms with Gasteiger partial charge in [0.2, 0.25) is 34.8 Å². The number of esters is 1. The molecule has 0 saturated carbocycles. The predicted molar refractivity (Wildman–Crippen MR) is 201 cm³/mol. The molecule has 1 rings (SSSR count). The summed E-state index contributed by atoms with van der Waals surface area (Å²) in [7, 11) is 0. The Labute approximate surface area is 335 Å². The van der Waals surface area contributed by atoms with Crippen LogP contribution in [0.3, 0.4) is 0 Å². The summed E-state index contributed by atoms with van der Waals surface area (Å²) in [5, 5.41) is 0. The molecule has 0 aliphatic heterocycles. The lowest BCUT2D eigenvalue weighted by atomic mass is 10.1. The Morgan fingerprint density at radius 1 is 0.333 bits per heavy atom. The fraction of sp³-hybridized carbons (Fsp3) is 0.825. The molecule has 0 amide bonds. The lowest BCUT2D eigenvalue weighted by Crippen LogP contribution is -2.16.